The molecule has 0 aliphatic rings. The van der Waals surface area contributed by atoms with E-state index < -0.39 is 0 Å². The number of hydrogen-bond acceptors (Lipinski definition) is 2. The number of nitriles is 1. The minimum Gasteiger partial charge on any atom is -0.384 e. The van der Waals surface area contributed by atoms with Crippen LogP contribution in [0.3, 0.4) is 0 Å². The van der Waals surface area contributed by atoms with Crippen LogP contribution in [0.1, 0.15) is 63.9 Å². The first-order chi connectivity index (χ1) is 9.77. The molecule has 0 aromatic heterocycles. The fourth-order valence-electron chi connectivity index (χ4n) is 2.24. The van der Waals surface area contributed by atoms with E-state index in [1.54, 1.807) is 0 Å². The maximum absolute atomic E-state index is 9.05. The van der Waals surface area contributed by atoms with Gasteiger partial charge in [-0.3, -0.25) is 0 Å². The highest BCUT2D eigenvalue weighted by molar-refractivity contribution is 9.10. The van der Waals surface area contributed by atoms with Gasteiger partial charge in [0.2, 0.25) is 0 Å². The van der Waals surface area contributed by atoms with Crippen molar-refractivity contribution in [2.75, 3.05) is 11.9 Å². The fourth-order valence-corrected chi connectivity index (χ4v) is 2.60. The van der Waals surface area contributed by atoms with E-state index in [9.17, 15) is 0 Å². The Morgan fingerprint density at radius 1 is 1.05 bits per heavy atom. The van der Waals surface area contributed by atoms with Crippen LogP contribution in [0.25, 0.3) is 0 Å². The molecular weight excluding hydrogens is 312 g/mol. The van der Waals surface area contributed by atoms with Crippen molar-refractivity contribution in [3.05, 3.63) is 28.2 Å². The molecule has 0 bridgehead atoms. The highest BCUT2D eigenvalue weighted by Crippen LogP contribution is 2.21. The topological polar surface area (TPSA) is 35.8 Å². The molecule has 1 rings (SSSR count). The molecule has 1 aromatic carbocycles. The molecule has 0 fully saturated rings. The number of nitrogens with zero attached hydrogens (tertiary/aromatic N) is 1. The normalized spacial score (nSPS) is 10.2. The van der Waals surface area contributed by atoms with Crippen LogP contribution in [0.5, 0.6) is 0 Å². The van der Waals surface area contributed by atoms with Crippen LogP contribution in [-0.2, 0) is 0 Å². The Bertz CT molecular complexity index is 423. The predicted molar refractivity (Wildman–Crippen MR) is 90.0 cm³/mol. The van der Waals surface area contributed by atoms with E-state index in [1.165, 1.54) is 51.4 Å². The zero-order valence-corrected chi connectivity index (χ0v) is 14.0. The smallest absolute Gasteiger partial charge is 0.101 e. The minimum atomic E-state index is 0.716. The Morgan fingerprint density at radius 3 is 2.35 bits per heavy atom. The Morgan fingerprint density at radius 2 is 1.70 bits per heavy atom. The van der Waals surface area contributed by atoms with Gasteiger partial charge in [0.05, 0.1) is 11.3 Å². The molecule has 0 atom stereocenters. The van der Waals surface area contributed by atoms with Crippen LogP contribution in [0.4, 0.5) is 5.69 Å². The number of nitrogens with one attached hydrogen (secondary N) is 1. The van der Waals surface area contributed by atoms with Gasteiger partial charge in [-0.2, -0.15) is 5.26 Å². The number of rotatable bonds is 10. The maximum atomic E-state index is 9.05. The lowest BCUT2D eigenvalue weighted by atomic mass is 10.1. The van der Waals surface area contributed by atoms with E-state index in [2.05, 4.69) is 34.2 Å². The van der Waals surface area contributed by atoms with Gasteiger partial charge >= 0.3 is 0 Å². The van der Waals surface area contributed by atoms with E-state index in [0.29, 0.717) is 5.56 Å². The summed E-state index contributed by atoms with van der Waals surface area (Å²) in [5.41, 5.74) is 1.65. The van der Waals surface area contributed by atoms with Gasteiger partial charge in [-0.15, -0.1) is 0 Å². The van der Waals surface area contributed by atoms with E-state index in [4.69, 9.17) is 5.26 Å². The fraction of sp³-hybridized carbons (Fsp3) is 0.588. The Hall–Kier alpha value is -1.01. The number of unbranched alkanes of at least 4 members (excludes halogenated alkanes) is 7. The SMILES string of the molecule is CCCCCCCCCCNc1cc(Br)ccc1C#N. The van der Waals surface area contributed by atoms with Crippen molar-refractivity contribution in [2.45, 2.75) is 58.3 Å². The molecule has 3 heteroatoms. The third kappa shape index (κ3) is 6.96. The summed E-state index contributed by atoms with van der Waals surface area (Å²) in [6, 6.07) is 7.95. The second-order valence-electron chi connectivity index (χ2n) is 5.20. The van der Waals surface area contributed by atoms with E-state index in [-0.39, 0.29) is 0 Å². The van der Waals surface area contributed by atoms with Gasteiger partial charge in [0.25, 0.3) is 0 Å². The number of benzene rings is 1. The summed E-state index contributed by atoms with van der Waals surface area (Å²) in [4.78, 5) is 0. The molecule has 0 aliphatic carbocycles. The molecular formula is C17H25BrN2. The van der Waals surface area contributed by atoms with Crippen molar-refractivity contribution in [1.82, 2.24) is 0 Å². The third-order valence-electron chi connectivity index (χ3n) is 3.45. The van der Waals surface area contributed by atoms with Gasteiger partial charge in [-0.25, -0.2) is 0 Å². The Balaban J connectivity index is 2.12. The summed E-state index contributed by atoms with van der Waals surface area (Å²) < 4.78 is 1.01. The molecule has 0 saturated heterocycles. The first-order valence-electron chi connectivity index (χ1n) is 7.71. The van der Waals surface area contributed by atoms with Gasteiger partial charge in [-0.05, 0) is 24.6 Å². The van der Waals surface area contributed by atoms with Crippen LogP contribution in [0.2, 0.25) is 0 Å². The van der Waals surface area contributed by atoms with E-state index in [1.807, 2.05) is 18.2 Å². The Kier molecular flexibility index (Phi) is 9.15. The molecule has 2 nitrogen and oxygen atoms in total. The van der Waals surface area contributed by atoms with Crippen LogP contribution >= 0.6 is 15.9 Å². The molecule has 110 valence electrons. The van der Waals surface area contributed by atoms with Gasteiger partial charge < -0.3 is 5.32 Å². The van der Waals surface area contributed by atoms with Gasteiger partial charge in [0.15, 0.2) is 0 Å². The summed E-state index contributed by atoms with van der Waals surface area (Å²) in [7, 11) is 0. The number of anilines is 1. The van der Waals surface area contributed by atoms with Gasteiger partial charge in [0.1, 0.15) is 6.07 Å². The number of hydrogen-bond donors (Lipinski definition) is 1. The van der Waals surface area contributed by atoms with Crippen LogP contribution in [-0.4, -0.2) is 6.54 Å². The van der Waals surface area contributed by atoms with Crippen LogP contribution < -0.4 is 5.32 Å². The second-order valence-corrected chi connectivity index (χ2v) is 6.12. The van der Waals surface area contributed by atoms with Gasteiger partial charge in [-0.1, -0.05) is 67.8 Å². The summed E-state index contributed by atoms with van der Waals surface area (Å²) >= 11 is 3.44. The predicted octanol–water partition coefficient (Wildman–Crippen LogP) is 5.87. The van der Waals surface area contributed by atoms with Crippen LogP contribution in [0.15, 0.2) is 22.7 Å². The molecule has 1 aromatic rings. The molecule has 0 aliphatic heterocycles. The first kappa shape index (κ1) is 17.0. The maximum Gasteiger partial charge on any atom is 0.101 e. The molecule has 20 heavy (non-hydrogen) atoms. The van der Waals surface area contributed by atoms with Crippen molar-refractivity contribution in [3.63, 3.8) is 0 Å². The zero-order valence-electron chi connectivity index (χ0n) is 12.4. The lowest BCUT2D eigenvalue weighted by Gasteiger charge is -2.08. The molecule has 0 saturated carbocycles. The molecule has 0 radical (unpaired) electrons. The molecule has 0 heterocycles. The summed E-state index contributed by atoms with van der Waals surface area (Å²) in [5, 5.41) is 12.4. The van der Waals surface area contributed by atoms with Crippen molar-refractivity contribution in [3.8, 4) is 6.07 Å². The van der Waals surface area contributed by atoms with E-state index >= 15 is 0 Å². The van der Waals surface area contributed by atoms with Crippen molar-refractivity contribution in [1.29, 1.82) is 5.26 Å². The lowest BCUT2D eigenvalue weighted by molar-refractivity contribution is 0.581. The largest absolute Gasteiger partial charge is 0.384 e. The quantitative estimate of drug-likeness (QED) is 0.542. The summed E-state index contributed by atoms with van der Waals surface area (Å²) in [5.74, 6) is 0. The first-order valence-corrected chi connectivity index (χ1v) is 8.50. The molecule has 0 spiro atoms. The molecule has 0 amide bonds. The van der Waals surface area contributed by atoms with E-state index in [0.717, 1.165) is 16.7 Å². The van der Waals surface area contributed by atoms with Crippen molar-refractivity contribution >= 4 is 21.6 Å². The number of halogens is 1. The highest BCUT2D eigenvalue weighted by atomic mass is 79.9. The highest BCUT2D eigenvalue weighted by Gasteiger charge is 2.01. The molecule has 1 N–H and O–H groups in total. The van der Waals surface area contributed by atoms with Crippen molar-refractivity contribution < 1.29 is 0 Å². The Labute approximate surface area is 131 Å². The molecule has 0 unspecified atom stereocenters. The average Bonchev–Trinajstić information content (AvgIpc) is 2.46. The minimum absolute atomic E-state index is 0.716. The lowest BCUT2D eigenvalue weighted by Crippen LogP contribution is -2.03. The summed E-state index contributed by atoms with van der Waals surface area (Å²) in [6.45, 7) is 3.20. The zero-order chi connectivity index (χ0) is 14.6. The van der Waals surface area contributed by atoms with Crippen molar-refractivity contribution in [2.24, 2.45) is 0 Å². The monoisotopic (exact) mass is 336 g/mol. The standard InChI is InChI=1S/C17H25BrN2/c1-2-3-4-5-6-7-8-9-12-20-17-13-16(18)11-10-15(17)14-19/h10-11,13,20H,2-9,12H2,1H3. The van der Waals surface area contributed by atoms with Crippen LogP contribution in [0, 0.1) is 11.3 Å². The average molecular weight is 337 g/mol. The third-order valence-corrected chi connectivity index (χ3v) is 3.94. The second kappa shape index (κ2) is 10.7. The van der Waals surface area contributed by atoms with Gasteiger partial charge in [0, 0.05) is 11.0 Å². The summed E-state index contributed by atoms with van der Waals surface area (Å²) in [6.07, 6.45) is 10.6.